The Kier molecular flexibility index (Phi) is 6.98. The van der Waals surface area contributed by atoms with Gasteiger partial charge in [0, 0.05) is 44.7 Å². The number of benzene rings is 1. The van der Waals surface area contributed by atoms with Crippen molar-refractivity contribution in [1.29, 1.82) is 10.5 Å². The van der Waals surface area contributed by atoms with Crippen LogP contribution in [0, 0.1) is 28.6 Å². The Hall–Kier alpha value is -2.37. The van der Waals surface area contributed by atoms with Gasteiger partial charge in [0.15, 0.2) is 0 Å². The van der Waals surface area contributed by atoms with Gasteiger partial charge in [-0.1, -0.05) is 26.0 Å². The van der Waals surface area contributed by atoms with E-state index >= 15 is 0 Å². The average Bonchev–Trinajstić information content (AvgIpc) is 2.65. The molecule has 0 aliphatic carbocycles. The maximum Gasteiger partial charge on any atom is 0.253 e. The zero-order valence-electron chi connectivity index (χ0n) is 15.1. The molecule has 1 aromatic carbocycles. The van der Waals surface area contributed by atoms with E-state index in [9.17, 15) is 10.1 Å². The molecule has 2 rings (SSSR count). The number of nitriles is 2. The van der Waals surface area contributed by atoms with E-state index in [-0.39, 0.29) is 11.8 Å². The van der Waals surface area contributed by atoms with Gasteiger partial charge in [-0.05, 0) is 30.0 Å². The van der Waals surface area contributed by atoms with Gasteiger partial charge in [0.25, 0.3) is 5.91 Å². The molecule has 0 unspecified atom stereocenters. The minimum absolute atomic E-state index is 0.0799. The van der Waals surface area contributed by atoms with Crippen molar-refractivity contribution in [2.24, 2.45) is 5.92 Å². The van der Waals surface area contributed by atoms with Crippen molar-refractivity contribution in [3.05, 3.63) is 35.4 Å². The predicted molar refractivity (Wildman–Crippen MR) is 96.8 cm³/mol. The lowest BCUT2D eigenvalue weighted by molar-refractivity contribution is 0.0625. The summed E-state index contributed by atoms with van der Waals surface area (Å²) in [7, 11) is 0. The highest BCUT2D eigenvalue weighted by Crippen LogP contribution is 2.17. The fourth-order valence-corrected chi connectivity index (χ4v) is 3.07. The van der Waals surface area contributed by atoms with Crippen LogP contribution in [0.3, 0.4) is 0 Å². The summed E-state index contributed by atoms with van der Waals surface area (Å²) in [4.78, 5) is 16.7. The van der Waals surface area contributed by atoms with Crippen molar-refractivity contribution >= 4 is 5.91 Å². The third-order valence-corrected chi connectivity index (χ3v) is 4.75. The van der Waals surface area contributed by atoms with E-state index in [0.29, 0.717) is 38.4 Å². The third kappa shape index (κ3) is 5.31. The molecule has 132 valence electrons. The van der Waals surface area contributed by atoms with Crippen LogP contribution in [0.2, 0.25) is 0 Å². The quantitative estimate of drug-likeness (QED) is 0.799. The molecule has 1 aliphatic heterocycles. The summed E-state index contributed by atoms with van der Waals surface area (Å²) < 4.78 is 0. The standard InChI is InChI=1S/C20H26N4O/c1-16(2)18-5-7-19(8-6-18)20(25)24-12-10-23(11-13-24)15-17(14-22)4-3-9-21/h5-8,16-17H,3-4,10-13,15H2,1-2H3/t17-/m0/s1. The van der Waals surface area contributed by atoms with Crippen molar-refractivity contribution < 1.29 is 4.79 Å². The summed E-state index contributed by atoms with van der Waals surface area (Å²) in [5.41, 5.74) is 1.98. The first-order valence-electron chi connectivity index (χ1n) is 8.93. The van der Waals surface area contributed by atoms with Crippen molar-refractivity contribution in [3.63, 3.8) is 0 Å². The lowest BCUT2D eigenvalue weighted by Crippen LogP contribution is -2.49. The number of piperazine rings is 1. The van der Waals surface area contributed by atoms with Crippen LogP contribution in [0.25, 0.3) is 0 Å². The van der Waals surface area contributed by atoms with Crippen molar-refractivity contribution in [1.82, 2.24) is 9.80 Å². The molecule has 0 aromatic heterocycles. The van der Waals surface area contributed by atoms with E-state index in [1.54, 1.807) is 0 Å². The van der Waals surface area contributed by atoms with Crippen molar-refractivity contribution in [2.45, 2.75) is 32.6 Å². The SMILES string of the molecule is CC(C)c1ccc(C(=O)N2CCN(C[C@H](C#N)CCC#N)CC2)cc1. The highest BCUT2D eigenvalue weighted by molar-refractivity contribution is 5.94. The normalized spacial score (nSPS) is 16.3. The fraction of sp³-hybridized carbons (Fsp3) is 0.550. The van der Waals surface area contributed by atoms with Crippen molar-refractivity contribution in [2.75, 3.05) is 32.7 Å². The second kappa shape index (κ2) is 9.20. The molecule has 5 heteroatoms. The van der Waals surface area contributed by atoms with Gasteiger partial charge in [0.05, 0.1) is 18.1 Å². The summed E-state index contributed by atoms with van der Waals surface area (Å²) in [5, 5.41) is 17.8. The fourth-order valence-electron chi connectivity index (χ4n) is 3.07. The number of rotatable bonds is 6. The van der Waals surface area contributed by atoms with Crippen LogP contribution in [0.5, 0.6) is 0 Å². The number of hydrogen-bond acceptors (Lipinski definition) is 4. The topological polar surface area (TPSA) is 71.1 Å². The molecule has 0 spiro atoms. The summed E-state index contributed by atoms with van der Waals surface area (Å²) in [6, 6.07) is 12.3. The Balaban J connectivity index is 1.86. The minimum Gasteiger partial charge on any atom is -0.336 e. The number of hydrogen-bond donors (Lipinski definition) is 0. The summed E-state index contributed by atoms with van der Waals surface area (Å²) >= 11 is 0. The number of carbonyl (C=O) groups is 1. The molecule has 1 aromatic rings. The molecule has 0 N–H and O–H groups in total. The summed E-state index contributed by atoms with van der Waals surface area (Å²) in [5.74, 6) is 0.434. The first-order chi connectivity index (χ1) is 12.0. The maximum absolute atomic E-state index is 12.6. The first-order valence-corrected chi connectivity index (χ1v) is 8.93. The zero-order valence-corrected chi connectivity index (χ0v) is 15.1. The molecular formula is C20H26N4O. The second-order valence-corrected chi connectivity index (χ2v) is 6.89. The Labute approximate surface area is 150 Å². The molecule has 0 radical (unpaired) electrons. The highest BCUT2D eigenvalue weighted by Gasteiger charge is 2.23. The minimum atomic E-state index is -0.106. The van der Waals surface area contributed by atoms with Gasteiger partial charge < -0.3 is 4.90 Å². The van der Waals surface area contributed by atoms with Gasteiger partial charge in [0.2, 0.25) is 0 Å². The van der Waals surface area contributed by atoms with Crippen LogP contribution in [0.15, 0.2) is 24.3 Å². The van der Waals surface area contributed by atoms with Crippen LogP contribution in [0.1, 0.15) is 48.5 Å². The lowest BCUT2D eigenvalue weighted by atomic mass is 10.0. The molecule has 25 heavy (non-hydrogen) atoms. The van der Waals surface area contributed by atoms with Crippen LogP contribution < -0.4 is 0 Å². The molecular weight excluding hydrogens is 312 g/mol. The summed E-state index contributed by atoms with van der Waals surface area (Å²) in [6.07, 6.45) is 1.04. The molecule has 1 saturated heterocycles. The van der Waals surface area contributed by atoms with Crippen LogP contribution in [0.4, 0.5) is 0 Å². The van der Waals surface area contributed by atoms with Gasteiger partial charge in [-0.2, -0.15) is 10.5 Å². The van der Waals surface area contributed by atoms with Crippen molar-refractivity contribution in [3.8, 4) is 12.1 Å². The van der Waals surface area contributed by atoms with E-state index in [4.69, 9.17) is 5.26 Å². The molecule has 0 saturated carbocycles. The van der Waals surface area contributed by atoms with Gasteiger partial charge in [-0.25, -0.2) is 0 Å². The predicted octanol–water partition coefficient (Wildman–Crippen LogP) is 3.01. The lowest BCUT2D eigenvalue weighted by Gasteiger charge is -2.35. The summed E-state index contributed by atoms with van der Waals surface area (Å²) in [6.45, 7) is 7.88. The molecule has 1 amide bonds. The van der Waals surface area contributed by atoms with E-state index in [1.165, 1.54) is 5.56 Å². The van der Waals surface area contributed by atoms with Gasteiger partial charge in [0.1, 0.15) is 0 Å². The Morgan fingerprint density at radius 1 is 1.12 bits per heavy atom. The molecule has 1 heterocycles. The Bertz CT molecular complexity index is 646. The largest absolute Gasteiger partial charge is 0.336 e. The monoisotopic (exact) mass is 338 g/mol. The molecule has 1 aliphatic rings. The Morgan fingerprint density at radius 3 is 2.28 bits per heavy atom. The highest BCUT2D eigenvalue weighted by atomic mass is 16.2. The van der Waals surface area contributed by atoms with Gasteiger partial charge >= 0.3 is 0 Å². The number of nitrogens with zero attached hydrogens (tertiary/aromatic N) is 4. The second-order valence-electron chi connectivity index (χ2n) is 6.89. The van der Waals surface area contributed by atoms with E-state index in [2.05, 4.69) is 30.9 Å². The molecule has 5 nitrogen and oxygen atoms in total. The van der Waals surface area contributed by atoms with E-state index in [0.717, 1.165) is 18.7 Å². The molecule has 1 atom stereocenters. The molecule has 0 bridgehead atoms. The van der Waals surface area contributed by atoms with Crippen LogP contribution >= 0.6 is 0 Å². The molecule has 1 fully saturated rings. The Morgan fingerprint density at radius 2 is 1.76 bits per heavy atom. The average molecular weight is 338 g/mol. The maximum atomic E-state index is 12.6. The van der Waals surface area contributed by atoms with Gasteiger partial charge in [-0.15, -0.1) is 0 Å². The third-order valence-electron chi connectivity index (χ3n) is 4.75. The van der Waals surface area contributed by atoms with Crippen LogP contribution in [-0.2, 0) is 0 Å². The zero-order chi connectivity index (χ0) is 18.2. The van der Waals surface area contributed by atoms with Gasteiger partial charge in [-0.3, -0.25) is 9.69 Å². The van der Waals surface area contributed by atoms with E-state index < -0.39 is 0 Å². The smallest absolute Gasteiger partial charge is 0.253 e. The number of carbonyl (C=O) groups excluding carboxylic acids is 1. The van der Waals surface area contributed by atoms with Crippen LogP contribution in [-0.4, -0.2) is 48.4 Å². The number of amides is 1. The first kappa shape index (κ1) is 19.0. The van der Waals surface area contributed by atoms with E-state index in [1.807, 2.05) is 29.2 Å².